The van der Waals surface area contributed by atoms with Crippen molar-refractivity contribution in [3.8, 4) is 0 Å². The second-order valence-electron chi connectivity index (χ2n) is 10.9. The van der Waals surface area contributed by atoms with Crippen LogP contribution in [0.1, 0.15) is 41.3 Å². The van der Waals surface area contributed by atoms with Gasteiger partial charge in [-0.25, -0.2) is 4.79 Å². The van der Waals surface area contributed by atoms with Gasteiger partial charge in [-0.3, -0.25) is 19.2 Å². The number of aliphatic hydroxyl groups is 2. The highest BCUT2D eigenvalue weighted by Gasteiger charge is 2.46. The molecule has 2 fully saturated rings. The summed E-state index contributed by atoms with van der Waals surface area (Å²) in [6.07, 6.45) is -1.35. The summed E-state index contributed by atoms with van der Waals surface area (Å²) < 4.78 is 14.1. The predicted molar refractivity (Wildman–Crippen MR) is 157 cm³/mol. The van der Waals surface area contributed by atoms with E-state index in [9.17, 15) is 19.8 Å². The molecule has 0 bridgehead atoms. The molecule has 1 aromatic heterocycles. The predicted octanol–water partition coefficient (Wildman–Crippen LogP) is 2.76. The van der Waals surface area contributed by atoms with Crippen LogP contribution in [0, 0.1) is 0 Å². The summed E-state index contributed by atoms with van der Waals surface area (Å²) in [5, 5.41) is 22.1. The minimum absolute atomic E-state index is 0.0911. The number of H-pyrrole nitrogens is 1. The summed E-state index contributed by atoms with van der Waals surface area (Å²) in [5.74, 6) is 0. The zero-order valence-corrected chi connectivity index (χ0v) is 23.2. The van der Waals surface area contributed by atoms with Crippen LogP contribution in [-0.2, 0) is 21.6 Å². The summed E-state index contributed by atoms with van der Waals surface area (Å²) in [5.41, 5.74) is 0.830. The highest BCUT2D eigenvalue weighted by atomic mass is 16.6. The molecule has 0 amide bonds. The molecule has 218 valence electrons. The number of likely N-dealkylation sites (tertiary alicyclic amines) is 1. The lowest BCUT2D eigenvalue weighted by molar-refractivity contribution is -0.0959. The second kappa shape index (κ2) is 12.2. The van der Waals surface area contributed by atoms with E-state index >= 15 is 0 Å². The van der Waals surface area contributed by atoms with E-state index in [1.807, 2.05) is 91.0 Å². The fourth-order valence-electron chi connectivity index (χ4n) is 6.08. The van der Waals surface area contributed by atoms with E-state index in [0.717, 1.165) is 42.6 Å². The Hall–Kier alpha value is -3.86. The zero-order valence-electron chi connectivity index (χ0n) is 23.2. The largest absolute Gasteiger partial charge is 0.387 e. The summed E-state index contributed by atoms with van der Waals surface area (Å²) >= 11 is 0. The van der Waals surface area contributed by atoms with E-state index in [4.69, 9.17) is 9.47 Å². The molecule has 0 aliphatic carbocycles. The molecule has 9 heteroatoms. The molecule has 0 spiro atoms. The van der Waals surface area contributed by atoms with Crippen molar-refractivity contribution in [3.63, 3.8) is 0 Å². The number of nitrogens with one attached hydrogen (secondary N) is 1. The molecule has 2 saturated heterocycles. The van der Waals surface area contributed by atoms with Gasteiger partial charge in [0.2, 0.25) is 0 Å². The molecular weight excluding hydrogens is 534 g/mol. The van der Waals surface area contributed by atoms with Gasteiger partial charge >= 0.3 is 5.69 Å². The van der Waals surface area contributed by atoms with Gasteiger partial charge in [0, 0.05) is 18.3 Å². The Kier molecular flexibility index (Phi) is 8.19. The topological polar surface area (TPSA) is 117 Å². The maximum absolute atomic E-state index is 12.8. The van der Waals surface area contributed by atoms with E-state index in [-0.39, 0.29) is 6.61 Å². The first-order valence-corrected chi connectivity index (χ1v) is 14.4. The number of rotatable bonds is 9. The summed E-state index contributed by atoms with van der Waals surface area (Å²) in [4.78, 5) is 29.9. The van der Waals surface area contributed by atoms with Gasteiger partial charge in [-0.05, 0) is 42.6 Å². The molecule has 9 nitrogen and oxygen atoms in total. The third kappa shape index (κ3) is 5.37. The number of aromatic amines is 1. The molecule has 6 rings (SSSR count). The SMILES string of the molecule is O=c1[nH]c(=O)n([C@@H]2O[C@H](COC(c3ccccc3)(c3ccccc3)c3ccccc3)C(O)C2O)cc1CN1CCCC1. The minimum Gasteiger partial charge on any atom is -0.387 e. The Bertz CT molecular complexity index is 1490. The molecule has 0 saturated carbocycles. The van der Waals surface area contributed by atoms with Crippen molar-refractivity contribution >= 4 is 0 Å². The fraction of sp³-hybridized carbons (Fsp3) is 0.333. The first-order chi connectivity index (χ1) is 20.5. The quantitative estimate of drug-likeness (QED) is 0.266. The van der Waals surface area contributed by atoms with Crippen LogP contribution in [0.15, 0.2) is 107 Å². The van der Waals surface area contributed by atoms with E-state index in [2.05, 4.69) is 9.88 Å². The summed E-state index contributed by atoms with van der Waals surface area (Å²) in [6.45, 7) is 2.06. The third-order valence-electron chi connectivity index (χ3n) is 8.25. The summed E-state index contributed by atoms with van der Waals surface area (Å²) in [7, 11) is 0. The number of benzene rings is 3. The molecular formula is C33H35N3O6. The summed E-state index contributed by atoms with van der Waals surface area (Å²) in [6, 6.07) is 29.4. The van der Waals surface area contributed by atoms with E-state index in [1.54, 1.807) is 0 Å². The van der Waals surface area contributed by atoms with E-state index < -0.39 is 41.4 Å². The van der Waals surface area contributed by atoms with Crippen LogP contribution >= 0.6 is 0 Å². The molecule has 3 aromatic carbocycles. The maximum Gasteiger partial charge on any atom is 0.330 e. The zero-order chi connectivity index (χ0) is 29.1. The van der Waals surface area contributed by atoms with Crippen LogP contribution in [0.3, 0.4) is 0 Å². The molecule has 2 aliphatic heterocycles. The molecule has 4 aromatic rings. The van der Waals surface area contributed by atoms with Gasteiger partial charge in [-0.15, -0.1) is 0 Å². The van der Waals surface area contributed by atoms with Crippen molar-refractivity contribution in [2.75, 3.05) is 19.7 Å². The van der Waals surface area contributed by atoms with Gasteiger partial charge in [-0.2, -0.15) is 0 Å². The van der Waals surface area contributed by atoms with Crippen LogP contribution in [0.5, 0.6) is 0 Å². The van der Waals surface area contributed by atoms with Crippen LogP contribution in [-0.4, -0.2) is 62.7 Å². The van der Waals surface area contributed by atoms with Gasteiger partial charge in [0.25, 0.3) is 5.56 Å². The van der Waals surface area contributed by atoms with Gasteiger partial charge in [0.15, 0.2) is 6.23 Å². The Morgan fingerprint density at radius 1 is 0.810 bits per heavy atom. The average Bonchev–Trinajstić information content (AvgIpc) is 3.64. The minimum atomic E-state index is -1.42. The fourth-order valence-corrected chi connectivity index (χ4v) is 6.08. The highest BCUT2D eigenvalue weighted by molar-refractivity contribution is 5.47. The lowest BCUT2D eigenvalue weighted by Gasteiger charge is -2.37. The Morgan fingerprint density at radius 2 is 1.33 bits per heavy atom. The van der Waals surface area contributed by atoms with Gasteiger partial charge in [0.05, 0.1) is 6.61 Å². The first kappa shape index (κ1) is 28.3. The first-order valence-electron chi connectivity index (χ1n) is 14.4. The second-order valence-corrected chi connectivity index (χ2v) is 10.9. The number of hydrogen-bond donors (Lipinski definition) is 3. The van der Waals surface area contributed by atoms with E-state index in [1.165, 1.54) is 10.8 Å². The Balaban J connectivity index is 1.32. The third-order valence-corrected chi connectivity index (χ3v) is 8.25. The van der Waals surface area contributed by atoms with Crippen LogP contribution in [0.25, 0.3) is 0 Å². The van der Waals surface area contributed by atoms with Gasteiger partial charge in [0.1, 0.15) is 23.9 Å². The maximum atomic E-state index is 12.8. The molecule has 0 radical (unpaired) electrons. The van der Waals surface area contributed by atoms with Crippen LogP contribution in [0.2, 0.25) is 0 Å². The number of hydrogen-bond acceptors (Lipinski definition) is 7. The number of aromatic nitrogens is 2. The molecule has 2 aliphatic rings. The molecule has 4 atom stereocenters. The molecule has 42 heavy (non-hydrogen) atoms. The molecule has 3 N–H and O–H groups in total. The standard InChI is InChI=1S/C33H35N3O6/c37-28-27(42-31(29(28)38)36-21-23(30(39)34-32(36)40)20-35-18-10-11-19-35)22-41-33(24-12-4-1-5-13-24,25-14-6-2-7-15-25)26-16-8-3-9-17-26/h1-9,12-17,21,27-29,31,37-38H,10-11,18-20,22H2,(H,34,39,40)/t27-,28?,29?,31-/m1/s1. The number of nitrogens with zero attached hydrogens (tertiary/aromatic N) is 2. The van der Waals surface area contributed by atoms with Gasteiger partial charge < -0.3 is 19.7 Å². The lowest BCUT2D eigenvalue weighted by atomic mass is 9.80. The molecule has 2 unspecified atom stereocenters. The normalized spacial score (nSPS) is 22.9. The van der Waals surface area contributed by atoms with E-state index in [0.29, 0.717) is 12.1 Å². The van der Waals surface area contributed by atoms with Crippen molar-refractivity contribution in [1.82, 2.24) is 14.5 Å². The van der Waals surface area contributed by atoms with Crippen molar-refractivity contribution < 1.29 is 19.7 Å². The Morgan fingerprint density at radius 3 is 1.86 bits per heavy atom. The Labute approximate surface area is 243 Å². The highest BCUT2D eigenvalue weighted by Crippen LogP contribution is 2.41. The monoisotopic (exact) mass is 569 g/mol. The number of ether oxygens (including phenoxy) is 2. The number of aliphatic hydroxyl groups excluding tert-OH is 2. The van der Waals surface area contributed by atoms with Crippen molar-refractivity contribution in [2.45, 2.75) is 49.5 Å². The smallest absolute Gasteiger partial charge is 0.330 e. The van der Waals surface area contributed by atoms with Crippen molar-refractivity contribution in [1.29, 1.82) is 0 Å². The lowest BCUT2D eigenvalue weighted by Crippen LogP contribution is -2.40. The van der Waals surface area contributed by atoms with Crippen LogP contribution in [0.4, 0.5) is 0 Å². The van der Waals surface area contributed by atoms with Crippen molar-refractivity contribution in [3.05, 3.63) is 140 Å². The van der Waals surface area contributed by atoms with Crippen molar-refractivity contribution in [2.24, 2.45) is 0 Å². The van der Waals surface area contributed by atoms with Gasteiger partial charge in [-0.1, -0.05) is 91.0 Å². The van der Waals surface area contributed by atoms with Crippen LogP contribution < -0.4 is 11.2 Å². The molecule has 3 heterocycles. The average molecular weight is 570 g/mol.